The van der Waals surface area contributed by atoms with Gasteiger partial charge in [-0.15, -0.1) is 11.8 Å². The van der Waals surface area contributed by atoms with Crippen molar-refractivity contribution in [2.45, 2.75) is 64.1 Å². The topological polar surface area (TPSA) is 49.4 Å². The van der Waals surface area contributed by atoms with E-state index in [1.165, 1.54) is 5.56 Å². The first kappa shape index (κ1) is 24.3. The van der Waals surface area contributed by atoms with E-state index < -0.39 is 6.04 Å². The zero-order valence-corrected chi connectivity index (χ0v) is 19.7. The second-order valence-electron chi connectivity index (χ2n) is 7.55. The number of carbonyl (C=O) groups excluding carboxylic acids is 2. The van der Waals surface area contributed by atoms with Crippen LogP contribution >= 0.6 is 23.4 Å². The van der Waals surface area contributed by atoms with Crippen molar-refractivity contribution < 1.29 is 9.59 Å². The molecule has 0 bridgehead atoms. The maximum Gasteiger partial charge on any atom is 0.242 e. The number of halogens is 1. The van der Waals surface area contributed by atoms with Gasteiger partial charge >= 0.3 is 0 Å². The minimum Gasteiger partial charge on any atom is -0.352 e. The Hall–Kier alpha value is -1.98. The monoisotopic (exact) mass is 446 g/mol. The summed E-state index contributed by atoms with van der Waals surface area (Å²) in [7, 11) is 0. The highest BCUT2D eigenvalue weighted by Gasteiger charge is 2.26. The molecular weight excluding hydrogens is 416 g/mol. The van der Waals surface area contributed by atoms with Gasteiger partial charge in [-0.3, -0.25) is 9.59 Å². The number of hydrogen-bond donors (Lipinski definition) is 1. The molecule has 0 fully saturated rings. The first-order valence-corrected chi connectivity index (χ1v) is 11.7. The van der Waals surface area contributed by atoms with Crippen LogP contribution in [0.1, 0.15) is 44.7 Å². The summed E-state index contributed by atoms with van der Waals surface area (Å²) < 4.78 is 0. The lowest BCUT2D eigenvalue weighted by Crippen LogP contribution is -2.49. The van der Waals surface area contributed by atoms with Crippen LogP contribution in [0.3, 0.4) is 0 Å². The van der Waals surface area contributed by atoms with Crippen molar-refractivity contribution in [3.63, 3.8) is 0 Å². The Morgan fingerprint density at radius 3 is 2.30 bits per heavy atom. The molecule has 1 N–H and O–H groups in total. The number of benzene rings is 2. The summed E-state index contributed by atoms with van der Waals surface area (Å²) in [6.45, 7) is 8.25. The summed E-state index contributed by atoms with van der Waals surface area (Å²) >= 11 is 7.54. The molecule has 2 unspecified atom stereocenters. The van der Waals surface area contributed by atoms with Crippen molar-refractivity contribution in [2.75, 3.05) is 5.75 Å². The lowest BCUT2D eigenvalue weighted by molar-refractivity contribution is -0.140. The molecule has 0 radical (unpaired) electrons. The van der Waals surface area contributed by atoms with Crippen molar-refractivity contribution in [1.29, 1.82) is 0 Å². The first-order chi connectivity index (χ1) is 14.3. The van der Waals surface area contributed by atoms with E-state index in [-0.39, 0.29) is 17.9 Å². The van der Waals surface area contributed by atoms with Gasteiger partial charge in [0.2, 0.25) is 11.8 Å². The Balaban J connectivity index is 2.06. The van der Waals surface area contributed by atoms with Gasteiger partial charge in [-0.05, 0) is 57.0 Å². The number of thioether (sulfide) groups is 1. The molecule has 2 amide bonds. The minimum absolute atomic E-state index is 0.0242. The van der Waals surface area contributed by atoms with Crippen molar-refractivity contribution >= 4 is 35.2 Å². The zero-order chi connectivity index (χ0) is 22.1. The predicted molar refractivity (Wildman–Crippen MR) is 126 cm³/mol. The smallest absolute Gasteiger partial charge is 0.242 e. The van der Waals surface area contributed by atoms with Gasteiger partial charge in [0.1, 0.15) is 6.04 Å². The fourth-order valence-electron chi connectivity index (χ4n) is 2.87. The molecule has 0 heterocycles. The minimum atomic E-state index is -0.534. The molecule has 0 aliphatic carbocycles. The summed E-state index contributed by atoms with van der Waals surface area (Å²) in [4.78, 5) is 28.5. The maximum absolute atomic E-state index is 13.1. The van der Waals surface area contributed by atoms with Crippen molar-refractivity contribution in [1.82, 2.24) is 10.2 Å². The molecule has 4 nitrogen and oxygen atoms in total. The average molecular weight is 447 g/mol. The second-order valence-corrected chi connectivity index (χ2v) is 9.16. The van der Waals surface area contributed by atoms with Crippen LogP contribution in [0.5, 0.6) is 0 Å². The van der Waals surface area contributed by atoms with Gasteiger partial charge in [-0.1, -0.05) is 48.4 Å². The van der Waals surface area contributed by atoms with Crippen LogP contribution < -0.4 is 5.32 Å². The molecule has 2 atom stereocenters. The number of nitrogens with zero attached hydrogens (tertiary/aromatic N) is 1. The summed E-state index contributed by atoms with van der Waals surface area (Å²) in [6.07, 6.45) is 1.21. The van der Waals surface area contributed by atoms with Crippen molar-refractivity contribution in [3.8, 4) is 0 Å². The third-order valence-electron chi connectivity index (χ3n) is 5.04. The summed E-state index contributed by atoms with van der Waals surface area (Å²) in [5.74, 6) is 0.504. The highest BCUT2D eigenvalue weighted by Crippen LogP contribution is 2.22. The molecule has 0 spiro atoms. The van der Waals surface area contributed by atoms with E-state index >= 15 is 0 Å². The van der Waals surface area contributed by atoms with E-state index in [2.05, 4.69) is 5.32 Å². The number of amides is 2. The Morgan fingerprint density at radius 2 is 1.70 bits per heavy atom. The zero-order valence-electron chi connectivity index (χ0n) is 18.2. The standard InChI is InChI=1S/C24H31ClN2O2S/c1-5-18(3)26-24(29)19(4)27(16-20-8-6-17(2)7-9-20)23(28)14-15-30-22-12-10-21(25)11-13-22/h6-13,18-19H,5,14-16H2,1-4H3,(H,26,29). The lowest BCUT2D eigenvalue weighted by Gasteiger charge is -2.29. The molecule has 0 aromatic heterocycles. The fourth-order valence-corrected chi connectivity index (χ4v) is 3.84. The van der Waals surface area contributed by atoms with Crippen LogP contribution in [-0.4, -0.2) is 34.6 Å². The van der Waals surface area contributed by atoms with Gasteiger partial charge in [0, 0.05) is 34.7 Å². The van der Waals surface area contributed by atoms with Crippen LogP contribution in [0.25, 0.3) is 0 Å². The van der Waals surface area contributed by atoms with Gasteiger partial charge in [-0.2, -0.15) is 0 Å². The largest absolute Gasteiger partial charge is 0.352 e. The molecule has 0 aliphatic rings. The lowest BCUT2D eigenvalue weighted by atomic mass is 10.1. The average Bonchev–Trinajstić information content (AvgIpc) is 2.74. The number of nitrogens with one attached hydrogen (secondary N) is 1. The van der Waals surface area contributed by atoms with Gasteiger partial charge in [0.25, 0.3) is 0 Å². The van der Waals surface area contributed by atoms with Crippen molar-refractivity contribution in [2.24, 2.45) is 0 Å². The first-order valence-electron chi connectivity index (χ1n) is 10.3. The molecule has 2 aromatic carbocycles. The van der Waals surface area contributed by atoms with Crippen LogP contribution in [0.4, 0.5) is 0 Å². The van der Waals surface area contributed by atoms with E-state index in [4.69, 9.17) is 11.6 Å². The van der Waals surface area contributed by atoms with Crippen LogP contribution in [0.15, 0.2) is 53.4 Å². The second kappa shape index (κ2) is 12.0. The number of hydrogen-bond acceptors (Lipinski definition) is 3. The van der Waals surface area contributed by atoms with Gasteiger partial charge in [-0.25, -0.2) is 0 Å². The molecule has 2 aromatic rings. The molecule has 6 heteroatoms. The third kappa shape index (κ3) is 7.69. The van der Waals surface area contributed by atoms with Gasteiger partial charge < -0.3 is 10.2 Å². The van der Waals surface area contributed by atoms with E-state index in [0.29, 0.717) is 23.7 Å². The van der Waals surface area contributed by atoms with E-state index in [9.17, 15) is 9.59 Å². The third-order valence-corrected chi connectivity index (χ3v) is 6.31. The van der Waals surface area contributed by atoms with Gasteiger partial charge in [0.05, 0.1) is 0 Å². The quantitative estimate of drug-likeness (QED) is 0.493. The van der Waals surface area contributed by atoms with Crippen LogP contribution in [0.2, 0.25) is 5.02 Å². The normalized spacial score (nSPS) is 12.8. The molecular formula is C24H31ClN2O2S. The molecule has 0 saturated carbocycles. The van der Waals surface area contributed by atoms with Crippen LogP contribution in [-0.2, 0) is 16.1 Å². The summed E-state index contributed by atoms with van der Waals surface area (Å²) in [5.41, 5.74) is 2.18. The molecule has 0 saturated heterocycles. The summed E-state index contributed by atoms with van der Waals surface area (Å²) in [5, 5.41) is 3.69. The number of rotatable bonds is 10. The maximum atomic E-state index is 13.1. The summed E-state index contributed by atoms with van der Waals surface area (Å²) in [6, 6.07) is 15.2. The number of aryl methyl sites for hydroxylation is 1. The number of carbonyl (C=O) groups is 2. The van der Waals surface area contributed by atoms with E-state index in [1.54, 1.807) is 23.6 Å². The Morgan fingerprint density at radius 1 is 1.07 bits per heavy atom. The Bertz CT molecular complexity index is 824. The Kier molecular flexibility index (Phi) is 9.73. The van der Waals surface area contributed by atoms with Gasteiger partial charge in [0.15, 0.2) is 0 Å². The van der Waals surface area contributed by atoms with Crippen molar-refractivity contribution in [3.05, 3.63) is 64.7 Å². The molecule has 162 valence electrons. The highest BCUT2D eigenvalue weighted by atomic mass is 35.5. The molecule has 30 heavy (non-hydrogen) atoms. The van der Waals surface area contributed by atoms with E-state index in [0.717, 1.165) is 16.9 Å². The van der Waals surface area contributed by atoms with E-state index in [1.807, 2.05) is 69.3 Å². The van der Waals surface area contributed by atoms with Crippen LogP contribution in [0, 0.1) is 6.92 Å². The fraction of sp³-hybridized carbons (Fsp3) is 0.417. The molecule has 0 aliphatic heterocycles. The predicted octanol–water partition coefficient (Wildman–Crippen LogP) is 5.46. The SMILES string of the molecule is CCC(C)NC(=O)C(C)N(Cc1ccc(C)cc1)C(=O)CCSc1ccc(Cl)cc1. The Labute approximate surface area is 189 Å². The molecule has 2 rings (SSSR count). The highest BCUT2D eigenvalue weighted by molar-refractivity contribution is 7.99.